The molecule has 6 atom stereocenters. The Labute approximate surface area is 334 Å². The number of rotatable bonds is 19. The predicted octanol–water partition coefficient (Wildman–Crippen LogP) is 9.13. The molecule has 2 aliphatic rings. The zero-order valence-corrected chi connectivity index (χ0v) is 32.7. The first-order valence-electron chi connectivity index (χ1n) is 19.2. The van der Waals surface area contributed by atoms with Crippen LogP contribution in [0.5, 0.6) is 0 Å². The van der Waals surface area contributed by atoms with E-state index in [-0.39, 0.29) is 52.9 Å². The van der Waals surface area contributed by atoms with Gasteiger partial charge in [0.25, 0.3) is 0 Å². The van der Waals surface area contributed by atoms with Crippen LogP contribution in [0.4, 0.5) is 0 Å². The fraction of sp³-hybridized carbons (Fsp3) is 0.304. The summed E-state index contributed by atoms with van der Waals surface area (Å²) in [7, 11) is -4.06. The van der Waals surface area contributed by atoms with Crippen LogP contribution in [0.1, 0.15) is 33.4 Å². The van der Waals surface area contributed by atoms with Gasteiger partial charge in [0.2, 0.25) is 0 Å². The SMILES string of the molecule is C=CCO[C@H]1O[C@H]([C@@H](COP2(=O)OCc3ccccc3CO2)OCc2ccccc2)[C@@H](OCc2ccccc2)[C@H](OCc2ccccc2)[C@@H]1OCc1ccccc1. The highest BCUT2D eigenvalue weighted by Crippen LogP contribution is 2.53. The number of fused-ring (bicyclic) bond motifs is 1. The van der Waals surface area contributed by atoms with Gasteiger partial charge >= 0.3 is 7.82 Å². The summed E-state index contributed by atoms with van der Waals surface area (Å²) in [5.74, 6) is 0. The molecule has 5 aromatic carbocycles. The van der Waals surface area contributed by atoms with E-state index in [2.05, 4.69) is 6.58 Å². The average molecular weight is 793 g/mol. The Kier molecular flexibility index (Phi) is 15.0. The zero-order chi connectivity index (χ0) is 39.1. The quantitative estimate of drug-likeness (QED) is 0.0595. The Morgan fingerprint density at radius 1 is 0.579 bits per heavy atom. The van der Waals surface area contributed by atoms with E-state index in [1.165, 1.54) is 0 Å². The third kappa shape index (κ3) is 11.7. The lowest BCUT2D eigenvalue weighted by atomic mass is 9.94. The van der Waals surface area contributed by atoms with Crippen LogP contribution in [-0.2, 0) is 86.2 Å². The number of phosphoric acid groups is 1. The second-order valence-electron chi connectivity index (χ2n) is 13.8. The van der Waals surface area contributed by atoms with Crippen molar-refractivity contribution < 1.29 is 46.6 Å². The number of hydrogen-bond donors (Lipinski definition) is 0. The summed E-state index contributed by atoms with van der Waals surface area (Å²) in [6.45, 7) is 4.91. The topological polar surface area (TPSA) is 100 Å². The third-order valence-electron chi connectivity index (χ3n) is 9.71. The molecule has 57 heavy (non-hydrogen) atoms. The maximum Gasteiger partial charge on any atom is 0.475 e. The first kappa shape index (κ1) is 40.9. The Bertz CT molecular complexity index is 1950. The molecular weight excluding hydrogens is 743 g/mol. The first-order chi connectivity index (χ1) is 28.1. The summed E-state index contributed by atoms with van der Waals surface area (Å²) in [6.07, 6.45) is -3.38. The van der Waals surface area contributed by atoms with E-state index < -0.39 is 44.6 Å². The van der Waals surface area contributed by atoms with Crippen LogP contribution in [-0.4, -0.2) is 50.0 Å². The van der Waals surface area contributed by atoms with Gasteiger partial charge in [-0.05, 0) is 33.4 Å². The average Bonchev–Trinajstić information content (AvgIpc) is 3.44. The van der Waals surface area contributed by atoms with E-state index in [1.807, 2.05) is 146 Å². The molecule has 0 radical (unpaired) electrons. The van der Waals surface area contributed by atoms with Crippen molar-refractivity contribution in [2.45, 2.75) is 76.5 Å². The van der Waals surface area contributed by atoms with Gasteiger partial charge in [-0.15, -0.1) is 6.58 Å². The van der Waals surface area contributed by atoms with Crippen molar-refractivity contribution in [3.63, 3.8) is 0 Å². The molecule has 0 aromatic heterocycles. The summed E-state index contributed by atoms with van der Waals surface area (Å²) < 4.78 is 72.2. The van der Waals surface area contributed by atoms with E-state index in [0.29, 0.717) is 0 Å². The number of ether oxygens (including phenoxy) is 6. The highest BCUT2D eigenvalue weighted by molar-refractivity contribution is 7.48. The largest absolute Gasteiger partial charge is 0.475 e. The molecule has 7 rings (SSSR count). The van der Waals surface area contributed by atoms with Crippen molar-refractivity contribution in [2.75, 3.05) is 13.2 Å². The minimum atomic E-state index is -4.06. The van der Waals surface area contributed by atoms with E-state index in [4.69, 9.17) is 42.0 Å². The molecule has 1 fully saturated rings. The predicted molar refractivity (Wildman–Crippen MR) is 214 cm³/mol. The molecule has 11 heteroatoms. The van der Waals surface area contributed by atoms with Crippen LogP contribution in [0, 0.1) is 0 Å². The highest BCUT2D eigenvalue weighted by atomic mass is 31.2. The van der Waals surface area contributed by atoms with E-state index in [9.17, 15) is 4.57 Å². The molecule has 0 unspecified atom stereocenters. The molecule has 0 saturated carbocycles. The number of phosphoric ester groups is 1. The molecule has 10 nitrogen and oxygen atoms in total. The van der Waals surface area contributed by atoms with Gasteiger partial charge in [-0.2, -0.15) is 0 Å². The zero-order valence-electron chi connectivity index (χ0n) is 31.8. The van der Waals surface area contributed by atoms with Gasteiger partial charge in [0, 0.05) is 0 Å². The van der Waals surface area contributed by atoms with Crippen molar-refractivity contribution in [3.8, 4) is 0 Å². The maximum atomic E-state index is 14.1. The lowest BCUT2D eigenvalue weighted by molar-refractivity contribution is -0.336. The molecule has 0 N–H and O–H groups in total. The third-order valence-corrected chi connectivity index (χ3v) is 11.1. The van der Waals surface area contributed by atoms with E-state index in [1.54, 1.807) is 6.08 Å². The maximum absolute atomic E-state index is 14.1. The number of hydrogen-bond acceptors (Lipinski definition) is 10. The van der Waals surface area contributed by atoms with Gasteiger partial charge in [-0.1, -0.05) is 152 Å². The Balaban J connectivity index is 1.23. The molecule has 2 aliphatic heterocycles. The summed E-state index contributed by atoms with van der Waals surface area (Å²) in [5.41, 5.74) is 5.57. The fourth-order valence-electron chi connectivity index (χ4n) is 6.72. The monoisotopic (exact) mass is 792 g/mol. The molecule has 5 aromatic rings. The standard InChI is InChI=1S/C46H49O10P/c1-2-27-48-46-45(52-31-38-23-13-6-14-24-38)44(51-30-37-21-11-5-12-22-37)43(50-29-36-19-9-4-10-20-36)42(56-46)41(49-28-35-17-7-3-8-18-35)34-55-57(47)53-32-39-25-15-16-26-40(39)33-54-57/h2-26,41-46H,1,27-34H2/t41-,42-,43-,44+,45+,46+/m1/s1. The van der Waals surface area contributed by atoms with Crippen molar-refractivity contribution in [1.82, 2.24) is 0 Å². The van der Waals surface area contributed by atoms with Gasteiger partial charge in [0.15, 0.2) is 6.29 Å². The minimum absolute atomic E-state index is 0.0685. The number of benzene rings is 5. The van der Waals surface area contributed by atoms with Gasteiger partial charge in [-0.25, -0.2) is 4.57 Å². The van der Waals surface area contributed by atoms with E-state index in [0.717, 1.165) is 33.4 Å². The summed E-state index contributed by atoms with van der Waals surface area (Å²) >= 11 is 0. The summed E-state index contributed by atoms with van der Waals surface area (Å²) in [6, 6.07) is 47.1. The van der Waals surface area contributed by atoms with Gasteiger partial charge in [0.05, 0.1) is 52.9 Å². The van der Waals surface area contributed by atoms with Crippen LogP contribution >= 0.6 is 7.82 Å². The highest BCUT2D eigenvalue weighted by Gasteiger charge is 2.52. The Morgan fingerprint density at radius 3 is 1.51 bits per heavy atom. The van der Waals surface area contributed by atoms with Gasteiger partial charge in [0.1, 0.15) is 30.5 Å². The molecule has 0 spiro atoms. The second kappa shape index (κ2) is 20.9. The fourth-order valence-corrected chi connectivity index (χ4v) is 7.86. The van der Waals surface area contributed by atoms with Crippen molar-refractivity contribution in [3.05, 3.63) is 192 Å². The molecule has 0 amide bonds. The van der Waals surface area contributed by atoms with Crippen LogP contribution in [0.3, 0.4) is 0 Å². The molecule has 298 valence electrons. The lowest BCUT2D eigenvalue weighted by Gasteiger charge is -2.47. The Hall–Kier alpha value is -4.29. The second-order valence-corrected chi connectivity index (χ2v) is 15.4. The van der Waals surface area contributed by atoms with Crippen molar-refractivity contribution >= 4 is 7.82 Å². The molecular formula is C46H49O10P. The van der Waals surface area contributed by atoms with Crippen LogP contribution in [0.2, 0.25) is 0 Å². The summed E-state index contributed by atoms with van der Waals surface area (Å²) in [4.78, 5) is 0. The van der Waals surface area contributed by atoms with Gasteiger partial charge in [-0.3, -0.25) is 13.6 Å². The van der Waals surface area contributed by atoms with Crippen LogP contribution in [0.15, 0.2) is 158 Å². The molecule has 2 heterocycles. The van der Waals surface area contributed by atoms with Gasteiger partial charge < -0.3 is 28.4 Å². The molecule has 0 aliphatic carbocycles. The van der Waals surface area contributed by atoms with Crippen molar-refractivity contribution in [2.24, 2.45) is 0 Å². The Morgan fingerprint density at radius 2 is 1.02 bits per heavy atom. The molecule has 1 saturated heterocycles. The molecule has 0 bridgehead atoms. The lowest BCUT2D eigenvalue weighted by Crippen LogP contribution is -2.64. The van der Waals surface area contributed by atoms with Crippen molar-refractivity contribution in [1.29, 1.82) is 0 Å². The smallest absolute Gasteiger partial charge is 0.368 e. The minimum Gasteiger partial charge on any atom is -0.368 e. The van der Waals surface area contributed by atoms with Crippen LogP contribution in [0.25, 0.3) is 0 Å². The normalized spacial score (nSPS) is 22.2. The first-order valence-corrected chi connectivity index (χ1v) is 20.6. The van der Waals surface area contributed by atoms with Crippen LogP contribution < -0.4 is 0 Å². The van der Waals surface area contributed by atoms with E-state index >= 15 is 0 Å². The summed E-state index contributed by atoms with van der Waals surface area (Å²) in [5, 5.41) is 0.